The maximum atomic E-state index is 12.7. The Bertz CT molecular complexity index is 777. The van der Waals surface area contributed by atoms with Crippen molar-refractivity contribution < 1.29 is 24.2 Å². The molecule has 1 N–H and O–H groups in total. The average molecular weight is 369 g/mol. The molecule has 2 aromatic carbocycles. The monoisotopic (exact) mass is 369 g/mol. The molecule has 1 heterocycles. The summed E-state index contributed by atoms with van der Waals surface area (Å²) >= 11 is 0. The molecule has 1 aliphatic heterocycles. The quantitative estimate of drug-likeness (QED) is 0.774. The molecule has 3 rings (SSSR count). The molecule has 1 atom stereocenters. The van der Waals surface area contributed by atoms with Gasteiger partial charge in [0.1, 0.15) is 5.75 Å². The van der Waals surface area contributed by atoms with Crippen LogP contribution in [0.15, 0.2) is 54.6 Å². The van der Waals surface area contributed by atoms with Gasteiger partial charge >= 0.3 is 5.97 Å². The third-order valence-electron chi connectivity index (χ3n) is 4.48. The summed E-state index contributed by atoms with van der Waals surface area (Å²) in [7, 11) is 0. The van der Waals surface area contributed by atoms with E-state index in [0.717, 1.165) is 12.0 Å². The number of benzene rings is 2. The first kappa shape index (κ1) is 18.9. The van der Waals surface area contributed by atoms with Gasteiger partial charge in [-0.1, -0.05) is 36.4 Å². The van der Waals surface area contributed by atoms with Gasteiger partial charge in [0.15, 0.2) is 6.61 Å². The van der Waals surface area contributed by atoms with Crippen LogP contribution in [-0.2, 0) is 16.1 Å². The summed E-state index contributed by atoms with van der Waals surface area (Å²) in [6.07, 6.45) is 0.912. The molecular formula is C21H23NO5. The number of likely N-dealkylation sites (tertiary alicyclic amines) is 1. The van der Waals surface area contributed by atoms with Crippen LogP contribution in [0, 0.1) is 5.92 Å². The van der Waals surface area contributed by atoms with Gasteiger partial charge in [-0.05, 0) is 30.2 Å². The van der Waals surface area contributed by atoms with E-state index in [1.807, 2.05) is 35.2 Å². The largest absolute Gasteiger partial charge is 0.482 e. The third-order valence-corrected chi connectivity index (χ3v) is 4.48. The van der Waals surface area contributed by atoms with Crippen molar-refractivity contribution in [3.05, 3.63) is 65.7 Å². The van der Waals surface area contributed by atoms with Crippen LogP contribution in [0.5, 0.6) is 5.75 Å². The fraction of sp³-hybridized carbons (Fsp3) is 0.333. The van der Waals surface area contributed by atoms with Gasteiger partial charge in [0.25, 0.3) is 5.91 Å². The highest BCUT2D eigenvalue weighted by Gasteiger charge is 2.27. The molecule has 6 nitrogen and oxygen atoms in total. The first-order valence-corrected chi connectivity index (χ1v) is 8.97. The Kier molecular flexibility index (Phi) is 6.44. The zero-order valence-corrected chi connectivity index (χ0v) is 15.0. The molecule has 1 unspecified atom stereocenters. The summed E-state index contributed by atoms with van der Waals surface area (Å²) < 4.78 is 10.9. The molecule has 0 radical (unpaired) electrons. The maximum Gasteiger partial charge on any atom is 0.341 e. The van der Waals surface area contributed by atoms with Gasteiger partial charge in [-0.15, -0.1) is 0 Å². The molecule has 27 heavy (non-hydrogen) atoms. The van der Waals surface area contributed by atoms with E-state index in [0.29, 0.717) is 43.5 Å². The lowest BCUT2D eigenvalue weighted by molar-refractivity contribution is -0.139. The topological polar surface area (TPSA) is 76.1 Å². The number of hydrogen-bond donors (Lipinski definition) is 1. The first-order chi connectivity index (χ1) is 13.1. The molecule has 6 heteroatoms. The minimum Gasteiger partial charge on any atom is -0.482 e. The molecule has 142 valence electrons. The smallest absolute Gasteiger partial charge is 0.341 e. The summed E-state index contributed by atoms with van der Waals surface area (Å²) in [5.74, 6) is -0.416. The lowest BCUT2D eigenvalue weighted by Crippen LogP contribution is -2.29. The van der Waals surface area contributed by atoms with Crippen LogP contribution in [0.25, 0.3) is 0 Å². The second-order valence-electron chi connectivity index (χ2n) is 6.62. The second kappa shape index (κ2) is 9.19. The molecule has 0 aliphatic carbocycles. The van der Waals surface area contributed by atoms with Gasteiger partial charge < -0.3 is 19.5 Å². The number of carboxylic acid groups (broad SMARTS) is 1. The molecule has 1 amide bonds. The van der Waals surface area contributed by atoms with Crippen LogP contribution in [-0.4, -0.2) is 48.2 Å². The van der Waals surface area contributed by atoms with Gasteiger partial charge in [0, 0.05) is 24.6 Å². The SMILES string of the molecule is O=C(O)COc1cccc(C(=O)N2CCC(COCc3ccccc3)C2)c1. The number of aliphatic carboxylic acids is 1. The molecule has 0 bridgehead atoms. The second-order valence-corrected chi connectivity index (χ2v) is 6.62. The zero-order valence-electron chi connectivity index (χ0n) is 15.0. The summed E-state index contributed by atoms with van der Waals surface area (Å²) in [5, 5.41) is 8.69. The van der Waals surface area contributed by atoms with Crippen LogP contribution < -0.4 is 4.74 Å². The molecular weight excluding hydrogens is 346 g/mol. The van der Waals surface area contributed by atoms with E-state index in [2.05, 4.69) is 0 Å². The van der Waals surface area contributed by atoms with E-state index in [9.17, 15) is 9.59 Å². The summed E-state index contributed by atoms with van der Waals surface area (Å²) in [6.45, 7) is 2.13. The fourth-order valence-electron chi connectivity index (χ4n) is 3.12. The normalized spacial score (nSPS) is 16.3. The fourth-order valence-corrected chi connectivity index (χ4v) is 3.12. The minimum absolute atomic E-state index is 0.0682. The van der Waals surface area contributed by atoms with Crippen molar-refractivity contribution in [2.45, 2.75) is 13.0 Å². The number of ether oxygens (including phenoxy) is 2. The van der Waals surface area contributed by atoms with Crippen LogP contribution in [0.2, 0.25) is 0 Å². The van der Waals surface area contributed by atoms with Crippen molar-refractivity contribution in [2.75, 3.05) is 26.3 Å². The first-order valence-electron chi connectivity index (χ1n) is 8.97. The van der Waals surface area contributed by atoms with Crippen molar-refractivity contribution in [3.63, 3.8) is 0 Å². The Balaban J connectivity index is 1.48. The Morgan fingerprint density at radius 2 is 1.93 bits per heavy atom. The van der Waals surface area contributed by atoms with Crippen molar-refractivity contribution >= 4 is 11.9 Å². The molecule has 2 aromatic rings. The predicted molar refractivity (Wildman–Crippen MR) is 99.7 cm³/mol. The summed E-state index contributed by atoms with van der Waals surface area (Å²) in [4.78, 5) is 25.1. The molecule has 0 saturated carbocycles. The lowest BCUT2D eigenvalue weighted by atomic mass is 10.1. The van der Waals surface area contributed by atoms with Gasteiger partial charge in [-0.2, -0.15) is 0 Å². The zero-order chi connectivity index (χ0) is 19.1. The summed E-state index contributed by atoms with van der Waals surface area (Å²) in [5.41, 5.74) is 1.64. The highest BCUT2D eigenvalue weighted by molar-refractivity contribution is 5.94. The van der Waals surface area contributed by atoms with Crippen LogP contribution in [0.1, 0.15) is 22.3 Å². The van der Waals surface area contributed by atoms with Crippen molar-refractivity contribution in [1.82, 2.24) is 4.90 Å². The number of carbonyl (C=O) groups is 2. The van der Waals surface area contributed by atoms with Gasteiger partial charge in [-0.3, -0.25) is 4.79 Å². The van der Waals surface area contributed by atoms with Crippen molar-refractivity contribution in [2.24, 2.45) is 5.92 Å². The predicted octanol–water partition coefficient (Wildman–Crippen LogP) is 2.83. The Morgan fingerprint density at radius 3 is 2.70 bits per heavy atom. The highest BCUT2D eigenvalue weighted by atomic mass is 16.5. The average Bonchev–Trinajstić information content (AvgIpc) is 3.16. The number of carbonyl (C=O) groups excluding carboxylic acids is 1. The number of amides is 1. The van der Waals surface area contributed by atoms with Gasteiger partial charge in [0.05, 0.1) is 13.2 Å². The molecule has 1 fully saturated rings. The number of hydrogen-bond acceptors (Lipinski definition) is 4. The van der Waals surface area contributed by atoms with E-state index in [4.69, 9.17) is 14.6 Å². The Morgan fingerprint density at radius 1 is 1.11 bits per heavy atom. The summed E-state index contributed by atoms with van der Waals surface area (Å²) in [6, 6.07) is 16.7. The molecule has 0 aromatic heterocycles. The van der Waals surface area contributed by atoms with E-state index in [1.165, 1.54) is 0 Å². The van der Waals surface area contributed by atoms with Crippen LogP contribution in [0.4, 0.5) is 0 Å². The van der Waals surface area contributed by atoms with Crippen molar-refractivity contribution in [3.8, 4) is 5.75 Å². The Labute approximate surface area is 158 Å². The number of carboxylic acids is 1. The Hall–Kier alpha value is -2.86. The van der Waals surface area contributed by atoms with E-state index in [1.54, 1.807) is 24.3 Å². The molecule has 1 aliphatic rings. The van der Waals surface area contributed by atoms with E-state index >= 15 is 0 Å². The minimum atomic E-state index is -1.05. The van der Waals surface area contributed by atoms with Crippen LogP contribution in [0.3, 0.4) is 0 Å². The highest BCUT2D eigenvalue weighted by Crippen LogP contribution is 2.21. The van der Waals surface area contributed by atoms with E-state index in [-0.39, 0.29) is 5.91 Å². The third kappa shape index (κ3) is 5.56. The van der Waals surface area contributed by atoms with Crippen LogP contribution >= 0.6 is 0 Å². The molecule has 0 spiro atoms. The molecule has 1 saturated heterocycles. The van der Waals surface area contributed by atoms with Gasteiger partial charge in [0.2, 0.25) is 0 Å². The van der Waals surface area contributed by atoms with Crippen molar-refractivity contribution in [1.29, 1.82) is 0 Å². The maximum absolute atomic E-state index is 12.7. The van der Waals surface area contributed by atoms with Gasteiger partial charge in [-0.25, -0.2) is 4.79 Å². The van der Waals surface area contributed by atoms with E-state index < -0.39 is 12.6 Å². The standard InChI is InChI=1S/C21H23NO5/c23-20(24)15-27-19-8-4-7-18(11-19)21(25)22-10-9-17(12-22)14-26-13-16-5-2-1-3-6-16/h1-8,11,17H,9-10,12-15H2,(H,23,24). The number of nitrogens with zero attached hydrogens (tertiary/aromatic N) is 1. The number of rotatable bonds is 8. The lowest BCUT2D eigenvalue weighted by Gasteiger charge is -2.17.